The third-order valence-corrected chi connectivity index (χ3v) is 1.13. The number of hydrogen-bond donors (Lipinski definition) is 3. The molecule has 0 amide bonds. The van der Waals surface area contributed by atoms with Gasteiger partial charge in [-0.1, -0.05) is 0 Å². The van der Waals surface area contributed by atoms with Gasteiger partial charge in [-0.05, 0) is 23.6 Å². The molecule has 0 saturated heterocycles. The van der Waals surface area contributed by atoms with Crippen LogP contribution in [-0.2, 0) is 10.1 Å². The second-order valence-electron chi connectivity index (χ2n) is 1.15. The quantitative estimate of drug-likeness (QED) is 0.431. The van der Waals surface area contributed by atoms with Crippen LogP contribution in [0.2, 0.25) is 0 Å². The van der Waals surface area contributed by atoms with Gasteiger partial charge in [-0.3, -0.25) is 4.55 Å². The van der Waals surface area contributed by atoms with Crippen molar-refractivity contribution in [2.75, 3.05) is 12.3 Å². The average Bonchev–Trinajstić information content (AvgIpc) is 1.63. The number of halogens is 2. The van der Waals surface area contributed by atoms with Crippen LogP contribution in [0, 0.1) is 0 Å². The minimum Gasteiger partial charge on any atom is -0.329 e. The number of nitrogens with one attached hydrogen (secondary N) is 1. The maximum absolute atomic E-state index is 9.71. The molecule has 0 aliphatic carbocycles. The molecule has 4 N–H and O–H groups in total. The van der Waals surface area contributed by atoms with Crippen molar-refractivity contribution in [2.24, 2.45) is 5.73 Å². The maximum atomic E-state index is 9.71. The summed E-state index contributed by atoms with van der Waals surface area (Å²) in [7, 11) is -3.80. The van der Waals surface area contributed by atoms with Gasteiger partial charge < -0.3 is 5.73 Å². The van der Waals surface area contributed by atoms with Gasteiger partial charge in [0.1, 0.15) is 0 Å². The van der Waals surface area contributed by atoms with Crippen LogP contribution >= 0.6 is 23.6 Å². The van der Waals surface area contributed by atoms with E-state index in [-0.39, 0.29) is 12.3 Å². The van der Waals surface area contributed by atoms with Crippen LogP contribution in [0.4, 0.5) is 0 Å². The van der Waals surface area contributed by atoms with Crippen molar-refractivity contribution in [2.45, 2.75) is 0 Å². The Balaban J connectivity index is 0. The van der Waals surface area contributed by atoms with Crippen LogP contribution in [0.25, 0.3) is 0 Å². The Morgan fingerprint density at radius 1 is 1.50 bits per heavy atom. The van der Waals surface area contributed by atoms with Crippen LogP contribution in [0.1, 0.15) is 0 Å². The van der Waals surface area contributed by atoms with Gasteiger partial charge in [-0.25, -0.2) is 0 Å². The molecule has 8 heteroatoms. The molecule has 0 fully saturated rings. The summed E-state index contributed by atoms with van der Waals surface area (Å²) in [6, 6.07) is 0. The predicted octanol–water partition coefficient (Wildman–Crippen LogP) is -0.283. The lowest BCUT2D eigenvalue weighted by molar-refractivity contribution is 0.483. The second-order valence-corrected chi connectivity index (χ2v) is 3.29. The molecule has 0 aromatic rings. The lowest BCUT2D eigenvalue weighted by Gasteiger charge is -1.86. The first kappa shape index (κ1) is 13.0. The van der Waals surface area contributed by atoms with E-state index in [4.69, 9.17) is 10.3 Å². The Labute approximate surface area is 69.5 Å². The zero-order valence-electron chi connectivity index (χ0n) is 4.92. The predicted molar refractivity (Wildman–Crippen MR) is 40.3 cm³/mol. The second kappa shape index (κ2) is 7.52. The van der Waals surface area contributed by atoms with Crippen molar-refractivity contribution in [3.05, 3.63) is 0 Å². The minimum atomic E-state index is -3.80. The van der Waals surface area contributed by atoms with Crippen molar-refractivity contribution >= 4 is 33.7 Å². The minimum absolute atomic E-state index is 0.0289. The summed E-state index contributed by atoms with van der Waals surface area (Å²) in [5, 5.41) is 0. The summed E-state index contributed by atoms with van der Waals surface area (Å²) in [6.45, 7) is -0.0289. The summed E-state index contributed by atoms with van der Waals surface area (Å²) in [4.78, 5) is 0. The van der Waals surface area contributed by atoms with E-state index in [1.807, 2.05) is 0 Å². The molecule has 0 saturated carbocycles. The van der Waals surface area contributed by atoms with Crippen LogP contribution in [0.3, 0.4) is 0 Å². The highest BCUT2D eigenvalue weighted by Gasteiger charge is 1.98. The summed E-state index contributed by atoms with van der Waals surface area (Å²) in [5.41, 5.74) is 4.78. The third kappa shape index (κ3) is 23.7. The molecule has 0 radical (unpaired) electrons. The molecular formula is C2H8Cl2N2O3S. The Hall–Kier alpha value is 0.410. The molecule has 0 spiro atoms. The standard InChI is InChI=1S/C2H7NO3S.Cl2HN/c3-1-2-7(4,5)6;1-3-2/h1-3H2,(H,4,5,6);3H. The van der Waals surface area contributed by atoms with Crippen LogP contribution in [0.5, 0.6) is 0 Å². The normalized spacial score (nSPS) is 10.0. The van der Waals surface area contributed by atoms with E-state index in [2.05, 4.69) is 23.6 Å². The highest BCUT2D eigenvalue weighted by molar-refractivity contribution is 7.85. The third-order valence-electron chi connectivity index (χ3n) is 0.376. The van der Waals surface area contributed by atoms with Gasteiger partial charge in [0.25, 0.3) is 10.1 Å². The van der Waals surface area contributed by atoms with Gasteiger partial charge in [0, 0.05) is 6.54 Å². The monoisotopic (exact) mass is 210 g/mol. The number of rotatable bonds is 2. The highest BCUT2D eigenvalue weighted by atomic mass is 35.5. The maximum Gasteiger partial charge on any atom is 0.266 e. The van der Waals surface area contributed by atoms with Gasteiger partial charge in [-0.2, -0.15) is 8.42 Å². The number of nitrogens with two attached hydrogens (primary N) is 1. The molecule has 10 heavy (non-hydrogen) atoms. The van der Waals surface area contributed by atoms with Gasteiger partial charge in [0.15, 0.2) is 0 Å². The average molecular weight is 211 g/mol. The van der Waals surface area contributed by atoms with E-state index < -0.39 is 10.1 Å². The number of hydrogen-bond acceptors (Lipinski definition) is 4. The molecule has 5 nitrogen and oxygen atoms in total. The van der Waals surface area contributed by atoms with Gasteiger partial charge in [-0.15, -0.1) is 4.35 Å². The van der Waals surface area contributed by atoms with Crippen molar-refractivity contribution < 1.29 is 13.0 Å². The van der Waals surface area contributed by atoms with Gasteiger partial charge in [0.05, 0.1) is 5.75 Å². The molecule has 0 atom stereocenters. The fourth-order valence-electron chi connectivity index (χ4n) is 0.149. The van der Waals surface area contributed by atoms with Gasteiger partial charge in [0.2, 0.25) is 0 Å². The Kier molecular flexibility index (Phi) is 9.80. The summed E-state index contributed by atoms with van der Waals surface area (Å²) in [5.74, 6) is -0.354. The molecule has 0 rings (SSSR count). The zero-order valence-corrected chi connectivity index (χ0v) is 7.25. The highest BCUT2D eigenvalue weighted by Crippen LogP contribution is 1.74. The van der Waals surface area contributed by atoms with Crippen LogP contribution in [-0.4, -0.2) is 25.3 Å². The molecule has 64 valence electrons. The summed E-state index contributed by atoms with van der Waals surface area (Å²) < 4.78 is 29.0. The Morgan fingerprint density at radius 2 is 1.80 bits per heavy atom. The molecule has 0 aromatic carbocycles. The van der Waals surface area contributed by atoms with Crippen molar-refractivity contribution in [3.8, 4) is 0 Å². The van der Waals surface area contributed by atoms with E-state index in [0.717, 1.165) is 0 Å². The molecule has 0 heterocycles. The largest absolute Gasteiger partial charge is 0.329 e. The lowest BCUT2D eigenvalue weighted by Crippen LogP contribution is -2.13. The fraction of sp³-hybridized carbons (Fsp3) is 1.00. The SMILES string of the molecule is ClNCl.NCCS(=O)(=O)O. The van der Waals surface area contributed by atoms with Crippen molar-refractivity contribution in [1.82, 2.24) is 4.35 Å². The van der Waals surface area contributed by atoms with E-state index >= 15 is 0 Å². The molecule has 0 aromatic heterocycles. The van der Waals surface area contributed by atoms with E-state index in [9.17, 15) is 8.42 Å². The Bertz CT molecular complexity index is 147. The first-order chi connectivity index (χ1) is 4.47. The van der Waals surface area contributed by atoms with E-state index in [0.29, 0.717) is 0 Å². The van der Waals surface area contributed by atoms with E-state index in [1.54, 1.807) is 4.35 Å². The lowest BCUT2D eigenvalue weighted by atomic mass is 10.8. The van der Waals surface area contributed by atoms with Crippen LogP contribution < -0.4 is 10.1 Å². The van der Waals surface area contributed by atoms with E-state index in [1.165, 1.54) is 0 Å². The molecule has 0 unspecified atom stereocenters. The first-order valence-corrected chi connectivity index (χ1v) is 4.46. The Morgan fingerprint density at radius 3 is 1.80 bits per heavy atom. The molecule has 0 aliphatic heterocycles. The van der Waals surface area contributed by atoms with Crippen molar-refractivity contribution in [3.63, 3.8) is 0 Å². The summed E-state index contributed by atoms with van der Waals surface area (Å²) >= 11 is 9.03. The first-order valence-electron chi connectivity index (χ1n) is 2.09. The molecule has 0 aliphatic rings. The molecule has 0 bridgehead atoms. The topological polar surface area (TPSA) is 92.4 Å². The zero-order chi connectivity index (χ0) is 8.62. The fourth-order valence-corrected chi connectivity index (χ4v) is 0.447. The van der Waals surface area contributed by atoms with Crippen molar-refractivity contribution in [1.29, 1.82) is 0 Å². The summed E-state index contributed by atoms with van der Waals surface area (Å²) in [6.07, 6.45) is 0. The molecular weight excluding hydrogens is 203 g/mol. The smallest absolute Gasteiger partial charge is 0.266 e. The van der Waals surface area contributed by atoms with Gasteiger partial charge >= 0.3 is 0 Å². The van der Waals surface area contributed by atoms with Crippen LogP contribution in [0.15, 0.2) is 0 Å².